The lowest BCUT2D eigenvalue weighted by atomic mass is 10.1. The summed E-state index contributed by atoms with van der Waals surface area (Å²) in [6, 6.07) is 9.16. The van der Waals surface area contributed by atoms with Crippen LogP contribution in [0.3, 0.4) is 0 Å². The Hall–Kier alpha value is -2.09. The van der Waals surface area contributed by atoms with E-state index in [1.54, 1.807) is 29.5 Å². The predicted octanol–water partition coefficient (Wildman–Crippen LogP) is 3.48. The fraction of sp³-hybridized carbons (Fsp3) is 0.429. The average Bonchev–Trinajstić information content (AvgIpc) is 3.16. The quantitative estimate of drug-likeness (QED) is 0.651. The second kappa shape index (κ2) is 9.15. The Balaban J connectivity index is 1.23. The summed E-state index contributed by atoms with van der Waals surface area (Å²) in [7, 11) is 0. The van der Waals surface area contributed by atoms with Gasteiger partial charge in [0.2, 0.25) is 5.91 Å². The van der Waals surface area contributed by atoms with E-state index in [0.717, 1.165) is 24.0 Å². The zero-order valence-corrected chi connectivity index (χ0v) is 17.6. The number of halogens is 1. The smallest absolute Gasteiger partial charge is 0.223 e. The zero-order chi connectivity index (χ0) is 20.2. The van der Waals surface area contributed by atoms with Crippen LogP contribution < -0.4 is 9.47 Å². The molecule has 1 amide bonds. The predicted molar refractivity (Wildman–Crippen MR) is 112 cm³/mol. The van der Waals surface area contributed by atoms with E-state index in [4.69, 9.17) is 21.1 Å². The first kappa shape index (κ1) is 20.2. The van der Waals surface area contributed by atoms with Gasteiger partial charge in [-0.2, -0.15) is 0 Å². The van der Waals surface area contributed by atoms with Crippen LogP contribution in [0.4, 0.5) is 0 Å². The van der Waals surface area contributed by atoms with Crippen LogP contribution in [-0.4, -0.2) is 60.9 Å². The van der Waals surface area contributed by atoms with E-state index >= 15 is 0 Å². The lowest BCUT2D eigenvalue weighted by Crippen LogP contribution is -2.48. The Morgan fingerprint density at radius 2 is 1.72 bits per heavy atom. The molecule has 0 spiro atoms. The summed E-state index contributed by atoms with van der Waals surface area (Å²) < 4.78 is 11.8. The molecule has 8 heteroatoms. The minimum absolute atomic E-state index is 0.0368. The van der Waals surface area contributed by atoms with Gasteiger partial charge in [-0.15, -0.1) is 11.3 Å². The fourth-order valence-electron chi connectivity index (χ4n) is 3.55. The van der Waals surface area contributed by atoms with Gasteiger partial charge in [0.15, 0.2) is 17.3 Å². The number of nitrogens with zero attached hydrogens (tertiary/aromatic N) is 2. The maximum atomic E-state index is 12.5. The van der Waals surface area contributed by atoms with Crippen LogP contribution in [0.15, 0.2) is 30.3 Å². The van der Waals surface area contributed by atoms with Gasteiger partial charge in [0.1, 0.15) is 13.2 Å². The Bertz CT molecular complexity index is 893. The molecular formula is C21H23ClN2O4S. The lowest BCUT2D eigenvalue weighted by Gasteiger charge is -2.34. The number of piperazine rings is 1. The Labute approximate surface area is 179 Å². The summed E-state index contributed by atoms with van der Waals surface area (Å²) in [5.74, 6) is 1.24. The number of rotatable bonds is 6. The molecule has 2 aliphatic rings. The average molecular weight is 435 g/mol. The van der Waals surface area contributed by atoms with Crippen molar-refractivity contribution in [3.05, 3.63) is 45.1 Å². The molecule has 2 aliphatic heterocycles. The molecule has 0 unspecified atom stereocenters. The second-order valence-electron chi connectivity index (χ2n) is 7.14. The van der Waals surface area contributed by atoms with Gasteiger partial charge in [0, 0.05) is 56.0 Å². The highest BCUT2D eigenvalue weighted by molar-refractivity contribution is 7.16. The maximum absolute atomic E-state index is 12.5. The van der Waals surface area contributed by atoms with Crippen LogP contribution in [-0.2, 0) is 11.3 Å². The van der Waals surface area contributed by atoms with Gasteiger partial charge >= 0.3 is 0 Å². The van der Waals surface area contributed by atoms with E-state index < -0.39 is 0 Å². The van der Waals surface area contributed by atoms with Gasteiger partial charge in [-0.05, 0) is 30.3 Å². The zero-order valence-electron chi connectivity index (χ0n) is 16.1. The molecule has 0 atom stereocenters. The Kier molecular flexibility index (Phi) is 6.37. The molecule has 0 aliphatic carbocycles. The summed E-state index contributed by atoms with van der Waals surface area (Å²) in [6.07, 6.45) is 0.431. The second-order valence-corrected chi connectivity index (χ2v) is 8.94. The van der Waals surface area contributed by atoms with Crippen molar-refractivity contribution in [1.29, 1.82) is 0 Å². The SMILES string of the molecule is O=C(CCC(=O)N1CCN(Cc2ccc(Cl)s2)CC1)c1ccc2c(c1)OCCO2. The number of benzene rings is 1. The topological polar surface area (TPSA) is 59.1 Å². The van der Waals surface area contributed by atoms with E-state index in [0.29, 0.717) is 43.4 Å². The first-order valence-corrected chi connectivity index (χ1v) is 10.9. The molecule has 0 bridgehead atoms. The molecule has 6 nitrogen and oxygen atoms in total. The van der Waals surface area contributed by atoms with Gasteiger partial charge < -0.3 is 14.4 Å². The number of carbonyl (C=O) groups excluding carboxylic acids is 2. The van der Waals surface area contributed by atoms with Crippen molar-refractivity contribution in [2.75, 3.05) is 39.4 Å². The summed E-state index contributed by atoms with van der Waals surface area (Å²) in [4.78, 5) is 30.4. The monoisotopic (exact) mass is 434 g/mol. The Morgan fingerprint density at radius 3 is 2.45 bits per heavy atom. The highest BCUT2D eigenvalue weighted by Gasteiger charge is 2.22. The maximum Gasteiger partial charge on any atom is 0.223 e. The molecule has 1 saturated heterocycles. The van der Waals surface area contributed by atoms with Crippen molar-refractivity contribution in [2.45, 2.75) is 19.4 Å². The molecule has 0 radical (unpaired) electrons. The molecular weight excluding hydrogens is 412 g/mol. The van der Waals surface area contributed by atoms with Gasteiger partial charge in [0.05, 0.1) is 4.34 Å². The van der Waals surface area contributed by atoms with E-state index in [1.165, 1.54) is 4.88 Å². The number of amides is 1. The first-order chi connectivity index (χ1) is 14.1. The van der Waals surface area contributed by atoms with E-state index in [1.807, 2.05) is 17.0 Å². The highest BCUT2D eigenvalue weighted by atomic mass is 35.5. The first-order valence-electron chi connectivity index (χ1n) is 9.76. The molecule has 1 fully saturated rings. The van der Waals surface area contributed by atoms with E-state index in [9.17, 15) is 9.59 Å². The molecule has 1 aromatic carbocycles. The largest absolute Gasteiger partial charge is 0.486 e. The molecule has 4 rings (SSSR count). The molecule has 0 saturated carbocycles. The minimum Gasteiger partial charge on any atom is -0.486 e. The third kappa shape index (κ3) is 5.10. The molecule has 29 heavy (non-hydrogen) atoms. The van der Waals surface area contributed by atoms with Gasteiger partial charge in [0.25, 0.3) is 0 Å². The van der Waals surface area contributed by atoms with Crippen LogP contribution in [0.5, 0.6) is 11.5 Å². The van der Waals surface area contributed by atoms with Crippen LogP contribution in [0, 0.1) is 0 Å². The number of ketones is 1. The number of ether oxygens (including phenoxy) is 2. The van der Waals surface area contributed by atoms with Gasteiger partial charge in [-0.25, -0.2) is 0 Å². The van der Waals surface area contributed by atoms with Crippen LogP contribution in [0.1, 0.15) is 28.1 Å². The standard InChI is InChI=1S/C21H23ClN2O4S/c22-20-5-2-16(29-20)14-23-7-9-24(10-8-23)21(26)6-3-17(25)15-1-4-18-19(13-15)28-12-11-27-18/h1-2,4-5,13H,3,6-12,14H2. The number of hydrogen-bond acceptors (Lipinski definition) is 6. The summed E-state index contributed by atoms with van der Waals surface area (Å²) in [5.41, 5.74) is 0.557. The lowest BCUT2D eigenvalue weighted by molar-refractivity contribution is -0.132. The fourth-order valence-corrected chi connectivity index (χ4v) is 4.68. The van der Waals surface area contributed by atoms with Crippen molar-refractivity contribution >= 4 is 34.6 Å². The molecule has 0 N–H and O–H groups in total. The van der Waals surface area contributed by atoms with Crippen LogP contribution in [0.2, 0.25) is 4.34 Å². The summed E-state index contributed by atoms with van der Waals surface area (Å²) >= 11 is 7.58. The number of hydrogen-bond donors (Lipinski definition) is 0. The number of carbonyl (C=O) groups is 2. The third-order valence-electron chi connectivity index (χ3n) is 5.16. The normalized spacial score (nSPS) is 16.7. The van der Waals surface area contributed by atoms with Crippen molar-refractivity contribution in [2.24, 2.45) is 0 Å². The molecule has 154 valence electrons. The number of Topliss-reactive ketones (excluding diaryl/α,β-unsaturated/α-hetero) is 1. The number of thiophene rings is 1. The number of fused-ring (bicyclic) bond motifs is 1. The van der Waals surface area contributed by atoms with Crippen molar-refractivity contribution in [3.63, 3.8) is 0 Å². The molecule has 3 heterocycles. The molecule has 2 aromatic rings. The van der Waals surface area contributed by atoms with Gasteiger partial charge in [-0.1, -0.05) is 11.6 Å². The van der Waals surface area contributed by atoms with Crippen LogP contribution in [0.25, 0.3) is 0 Å². The molecule has 1 aromatic heterocycles. The van der Waals surface area contributed by atoms with Crippen molar-refractivity contribution < 1.29 is 19.1 Å². The van der Waals surface area contributed by atoms with Gasteiger partial charge in [-0.3, -0.25) is 14.5 Å². The third-order valence-corrected chi connectivity index (χ3v) is 6.38. The Morgan fingerprint density at radius 1 is 0.966 bits per heavy atom. The van der Waals surface area contributed by atoms with Crippen LogP contribution >= 0.6 is 22.9 Å². The summed E-state index contributed by atoms with van der Waals surface area (Å²) in [5, 5.41) is 0. The van der Waals surface area contributed by atoms with E-state index in [-0.39, 0.29) is 24.5 Å². The minimum atomic E-state index is -0.0523. The van der Waals surface area contributed by atoms with E-state index in [2.05, 4.69) is 4.90 Å². The summed E-state index contributed by atoms with van der Waals surface area (Å²) in [6.45, 7) is 4.90. The van der Waals surface area contributed by atoms with Crippen molar-refractivity contribution in [1.82, 2.24) is 9.80 Å². The highest BCUT2D eigenvalue weighted by Crippen LogP contribution is 2.31. The van der Waals surface area contributed by atoms with Crippen molar-refractivity contribution in [3.8, 4) is 11.5 Å².